The van der Waals surface area contributed by atoms with Crippen LogP contribution in [0.15, 0.2) is 36.9 Å². The van der Waals surface area contributed by atoms with Crippen LogP contribution < -0.4 is 4.74 Å². The highest BCUT2D eigenvalue weighted by atomic mass is 16.5. The molecule has 0 aromatic heterocycles. The lowest BCUT2D eigenvalue weighted by molar-refractivity contribution is -0.141. The molecule has 0 spiro atoms. The number of benzene rings is 1. The van der Waals surface area contributed by atoms with Gasteiger partial charge in [-0.2, -0.15) is 0 Å². The fourth-order valence-corrected chi connectivity index (χ4v) is 5.21. The molecular weight excluding hydrogens is 416 g/mol. The molecule has 0 saturated heterocycles. The molecule has 3 rings (SSSR count). The molecule has 0 amide bonds. The van der Waals surface area contributed by atoms with E-state index >= 15 is 0 Å². The van der Waals surface area contributed by atoms with Crippen LogP contribution in [0.2, 0.25) is 0 Å². The van der Waals surface area contributed by atoms with E-state index in [0.717, 1.165) is 37.7 Å². The van der Waals surface area contributed by atoms with Gasteiger partial charge >= 0.3 is 11.9 Å². The Labute approximate surface area is 198 Å². The summed E-state index contributed by atoms with van der Waals surface area (Å²) in [4.78, 5) is 23.6. The van der Waals surface area contributed by atoms with Crippen LogP contribution >= 0.6 is 0 Å². The third-order valence-corrected chi connectivity index (χ3v) is 7.17. The molecule has 0 heterocycles. The van der Waals surface area contributed by atoms with E-state index in [0.29, 0.717) is 31.3 Å². The molecule has 0 atom stereocenters. The van der Waals surface area contributed by atoms with Gasteiger partial charge in [0.1, 0.15) is 5.75 Å². The van der Waals surface area contributed by atoms with Crippen molar-refractivity contribution in [2.75, 3.05) is 13.2 Å². The summed E-state index contributed by atoms with van der Waals surface area (Å²) in [5, 5.41) is 0. The Hall–Kier alpha value is -2.14. The lowest BCUT2D eigenvalue weighted by Crippen LogP contribution is -2.29. The second-order valence-corrected chi connectivity index (χ2v) is 9.57. The zero-order valence-electron chi connectivity index (χ0n) is 20.1. The number of carbonyl (C=O) groups is 2. The van der Waals surface area contributed by atoms with Crippen LogP contribution in [0.3, 0.4) is 0 Å². The summed E-state index contributed by atoms with van der Waals surface area (Å²) in [6.07, 6.45) is 13.1. The quantitative estimate of drug-likeness (QED) is 0.168. The minimum Gasteiger partial charge on any atom is -0.462 e. The monoisotopic (exact) mass is 456 g/mol. The second kappa shape index (κ2) is 13.5. The first-order valence-electron chi connectivity index (χ1n) is 12.8. The minimum absolute atomic E-state index is 0.0630. The van der Waals surface area contributed by atoms with Crippen molar-refractivity contribution in [3.63, 3.8) is 0 Å². The third kappa shape index (κ3) is 8.29. The van der Waals surface area contributed by atoms with Crippen molar-refractivity contribution in [3.8, 4) is 5.75 Å². The molecule has 0 unspecified atom stereocenters. The van der Waals surface area contributed by atoms with Crippen molar-refractivity contribution >= 4 is 11.9 Å². The van der Waals surface area contributed by atoms with Crippen LogP contribution in [0.4, 0.5) is 0 Å². The molecule has 33 heavy (non-hydrogen) atoms. The summed E-state index contributed by atoms with van der Waals surface area (Å²) in [5.74, 6) is 1.61. The maximum atomic E-state index is 12.6. The minimum atomic E-state index is -0.404. The summed E-state index contributed by atoms with van der Waals surface area (Å²) < 4.78 is 16.5. The van der Waals surface area contributed by atoms with E-state index in [9.17, 15) is 9.59 Å². The normalized spacial score (nSPS) is 25.2. The third-order valence-electron chi connectivity index (χ3n) is 7.17. The number of ether oxygens (including phenoxy) is 3. The highest BCUT2D eigenvalue weighted by molar-refractivity contribution is 5.81. The summed E-state index contributed by atoms with van der Waals surface area (Å²) in [6, 6.07) is 8.20. The molecule has 0 radical (unpaired) electrons. The second-order valence-electron chi connectivity index (χ2n) is 9.57. The Kier molecular flexibility index (Phi) is 10.5. The maximum Gasteiger partial charge on any atom is 0.330 e. The van der Waals surface area contributed by atoms with Crippen LogP contribution in [0.25, 0.3) is 0 Å². The van der Waals surface area contributed by atoms with Gasteiger partial charge in [-0.05, 0) is 80.9 Å². The predicted molar refractivity (Wildman–Crippen MR) is 129 cm³/mol. The van der Waals surface area contributed by atoms with Crippen LogP contribution in [0.1, 0.15) is 89.0 Å². The zero-order chi connectivity index (χ0) is 23.5. The number of hydrogen-bond acceptors (Lipinski definition) is 5. The molecule has 1 aromatic rings. The predicted octanol–water partition coefficient (Wildman–Crippen LogP) is 6.36. The fourth-order valence-electron chi connectivity index (χ4n) is 5.21. The summed E-state index contributed by atoms with van der Waals surface area (Å²) in [7, 11) is 0. The van der Waals surface area contributed by atoms with Crippen LogP contribution in [-0.2, 0) is 19.1 Å². The molecular formula is C28H40O5. The maximum absolute atomic E-state index is 12.6. The van der Waals surface area contributed by atoms with Crippen molar-refractivity contribution in [1.29, 1.82) is 0 Å². The van der Waals surface area contributed by atoms with Gasteiger partial charge in [-0.15, -0.1) is 0 Å². The van der Waals surface area contributed by atoms with Gasteiger partial charge in [-0.1, -0.05) is 38.5 Å². The first-order chi connectivity index (χ1) is 16.1. The zero-order valence-corrected chi connectivity index (χ0v) is 20.1. The summed E-state index contributed by atoms with van der Waals surface area (Å²) >= 11 is 0. The van der Waals surface area contributed by atoms with E-state index in [1.807, 2.05) is 12.1 Å². The highest BCUT2D eigenvalue weighted by Crippen LogP contribution is 2.38. The van der Waals surface area contributed by atoms with E-state index in [1.54, 1.807) is 0 Å². The van der Waals surface area contributed by atoms with Crippen molar-refractivity contribution < 1.29 is 23.8 Å². The molecule has 2 saturated carbocycles. The standard InChI is InChI=1S/C28H40O5/c1-3-6-21-7-9-22(10-8-21)23-11-17-26(18-12-23)33-28(30)24-13-15-25(16-14-24)31-19-5-20-32-27(29)4-2/h4,11-12,17-18,21-22,24-25H,2-3,5-10,13-16,19-20H2,1H3. The lowest BCUT2D eigenvalue weighted by atomic mass is 9.77. The Balaban J connectivity index is 1.34. The summed E-state index contributed by atoms with van der Waals surface area (Å²) in [6.45, 7) is 6.54. The lowest BCUT2D eigenvalue weighted by Gasteiger charge is -2.29. The van der Waals surface area contributed by atoms with Gasteiger partial charge in [0.2, 0.25) is 0 Å². The molecule has 5 nitrogen and oxygen atoms in total. The van der Waals surface area contributed by atoms with Crippen LogP contribution in [-0.4, -0.2) is 31.3 Å². The average Bonchev–Trinajstić information content (AvgIpc) is 2.85. The van der Waals surface area contributed by atoms with Gasteiger partial charge in [0.25, 0.3) is 0 Å². The topological polar surface area (TPSA) is 61.8 Å². The molecule has 0 aliphatic heterocycles. The molecule has 2 aliphatic rings. The molecule has 2 aliphatic carbocycles. The van der Waals surface area contributed by atoms with E-state index in [-0.39, 0.29) is 18.0 Å². The van der Waals surface area contributed by atoms with E-state index in [1.165, 1.54) is 44.1 Å². The highest BCUT2D eigenvalue weighted by Gasteiger charge is 2.28. The van der Waals surface area contributed by atoms with Gasteiger partial charge in [0.05, 0.1) is 25.2 Å². The van der Waals surface area contributed by atoms with Crippen molar-refractivity contribution in [2.45, 2.75) is 89.6 Å². The van der Waals surface area contributed by atoms with Gasteiger partial charge in [-0.25, -0.2) is 4.79 Å². The Bertz CT molecular complexity index is 740. The Morgan fingerprint density at radius 2 is 1.67 bits per heavy atom. The molecule has 182 valence electrons. The fraction of sp³-hybridized carbons (Fsp3) is 0.643. The van der Waals surface area contributed by atoms with E-state index in [4.69, 9.17) is 14.2 Å². The number of hydrogen-bond donors (Lipinski definition) is 0. The van der Waals surface area contributed by atoms with Crippen LogP contribution in [0.5, 0.6) is 5.75 Å². The average molecular weight is 457 g/mol. The Morgan fingerprint density at radius 1 is 0.970 bits per heavy atom. The largest absolute Gasteiger partial charge is 0.462 e. The Morgan fingerprint density at radius 3 is 2.30 bits per heavy atom. The smallest absolute Gasteiger partial charge is 0.330 e. The molecule has 2 fully saturated rings. The van der Waals surface area contributed by atoms with Crippen molar-refractivity contribution in [1.82, 2.24) is 0 Å². The first-order valence-corrected chi connectivity index (χ1v) is 12.8. The van der Waals surface area contributed by atoms with Crippen LogP contribution in [0, 0.1) is 11.8 Å². The number of rotatable bonds is 11. The van der Waals surface area contributed by atoms with Gasteiger partial charge in [-0.3, -0.25) is 4.79 Å². The van der Waals surface area contributed by atoms with Crippen molar-refractivity contribution in [3.05, 3.63) is 42.5 Å². The van der Waals surface area contributed by atoms with Gasteiger partial charge < -0.3 is 14.2 Å². The summed E-state index contributed by atoms with van der Waals surface area (Å²) in [5.41, 5.74) is 1.38. The molecule has 5 heteroatoms. The van der Waals surface area contributed by atoms with Gasteiger partial charge in [0.15, 0.2) is 0 Å². The SMILES string of the molecule is C=CC(=O)OCCCOC1CCC(C(=O)Oc2ccc(C3CCC(CCC)CC3)cc2)CC1. The molecule has 0 N–H and O–H groups in total. The van der Waals surface area contributed by atoms with E-state index < -0.39 is 5.97 Å². The number of carbonyl (C=O) groups excluding carboxylic acids is 2. The molecule has 1 aromatic carbocycles. The first kappa shape index (κ1) is 25.5. The van der Waals surface area contributed by atoms with Crippen molar-refractivity contribution in [2.24, 2.45) is 11.8 Å². The number of esters is 2. The van der Waals surface area contributed by atoms with E-state index in [2.05, 4.69) is 25.6 Å². The van der Waals surface area contributed by atoms with Gasteiger partial charge in [0, 0.05) is 12.5 Å². The molecule has 0 bridgehead atoms.